The largest absolute Gasteiger partial charge is 0.497 e. The molecular weight excluding hydrogens is 370 g/mol. The van der Waals surface area contributed by atoms with E-state index in [0.717, 1.165) is 42.6 Å². The summed E-state index contributed by atoms with van der Waals surface area (Å²) >= 11 is 0. The van der Waals surface area contributed by atoms with Crippen molar-refractivity contribution in [2.45, 2.75) is 44.1 Å². The summed E-state index contributed by atoms with van der Waals surface area (Å²) in [4.78, 5) is 24.5. The smallest absolute Gasteiger partial charge is 0.331 e. The Labute approximate surface area is 171 Å². The molecule has 5 rings (SSSR count). The van der Waals surface area contributed by atoms with Gasteiger partial charge in [0.25, 0.3) is 5.91 Å². The highest BCUT2D eigenvalue weighted by Gasteiger charge is 2.51. The zero-order valence-corrected chi connectivity index (χ0v) is 17.1. The van der Waals surface area contributed by atoms with E-state index in [0.29, 0.717) is 11.5 Å². The fourth-order valence-corrected chi connectivity index (χ4v) is 5.87. The topological polar surface area (TPSA) is 73.9 Å². The van der Waals surface area contributed by atoms with Crippen LogP contribution in [-0.2, 0) is 14.3 Å². The SMILES string of the molecule is COc1cc(/C=C/C(=O)OCC(=O)NC23CC4CC(CC(C4)C2)C3)cc(OC)c1. The molecule has 6 heteroatoms. The zero-order valence-electron chi connectivity index (χ0n) is 17.1. The Morgan fingerprint density at radius 2 is 1.55 bits per heavy atom. The lowest BCUT2D eigenvalue weighted by atomic mass is 9.53. The monoisotopic (exact) mass is 399 g/mol. The summed E-state index contributed by atoms with van der Waals surface area (Å²) in [6.07, 6.45) is 10.1. The van der Waals surface area contributed by atoms with Crippen LogP contribution >= 0.6 is 0 Å². The Hall–Kier alpha value is -2.50. The Bertz CT molecular complexity index is 758. The van der Waals surface area contributed by atoms with Crippen molar-refractivity contribution in [3.63, 3.8) is 0 Å². The van der Waals surface area contributed by atoms with Gasteiger partial charge in [-0.15, -0.1) is 0 Å². The number of methoxy groups -OCH3 is 2. The molecule has 6 nitrogen and oxygen atoms in total. The van der Waals surface area contributed by atoms with Crippen molar-refractivity contribution in [1.82, 2.24) is 5.32 Å². The molecule has 4 aliphatic carbocycles. The third-order valence-electron chi connectivity index (χ3n) is 6.57. The minimum atomic E-state index is -0.549. The van der Waals surface area contributed by atoms with Gasteiger partial charge in [-0.25, -0.2) is 4.79 Å². The van der Waals surface area contributed by atoms with Crippen LogP contribution in [0.3, 0.4) is 0 Å². The first-order valence-electron chi connectivity index (χ1n) is 10.4. The Morgan fingerprint density at radius 3 is 2.07 bits per heavy atom. The number of hydrogen-bond donors (Lipinski definition) is 1. The third-order valence-corrected chi connectivity index (χ3v) is 6.57. The van der Waals surface area contributed by atoms with Gasteiger partial charge in [0, 0.05) is 17.7 Å². The second-order valence-corrected chi connectivity index (χ2v) is 8.83. The van der Waals surface area contributed by atoms with E-state index in [1.165, 1.54) is 25.3 Å². The molecule has 0 atom stereocenters. The normalized spacial score (nSPS) is 29.7. The van der Waals surface area contributed by atoms with Crippen molar-refractivity contribution >= 4 is 18.0 Å². The van der Waals surface area contributed by atoms with E-state index in [2.05, 4.69) is 5.32 Å². The van der Waals surface area contributed by atoms with Crippen molar-refractivity contribution in [3.05, 3.63) is 29.8 Å². The van der Waals surface area contributed by atoms with Gasteiger partial charge in [0.15, 0.2) is 6.61 Å². The van der Waals surface area contributed by atoms with Crippen LogP contribution in [0.15, 0.2) is 24.3 Å². The molecule has 1 amide bonds. The summed E-state index contributed by atoms with van der Waals surface area (Å²) in [5.41, 5.74) is 0.682. The van der Waals surface area contributed by atoms with Crippen LogP contribution < -0.4 is 14.8 Å². The summed E-state index contributed by atoms with van der Waals surface area (Å²) < 4.78 is 15.6. The number of nitrogens with one attached hydrogen (secondary N) is 1. The van der Waals surface area contributed by atoms with Crippen LogP contribution in [0.2, 0.25) is 0 Å². The molecule has 1 aromatic rings. The molecule has 0 heterocycles. The molecule has 4 saturated carbocycles. The van der Waals surface area contributed by atoms with Crippen LogP contribution in [0.1, 0.15) is 44.1 Å². The maximum absolute atomic E-state index is 12.4. The number of ether oxygens (including phenoxy) is 3. The standard InChI is InChI=1S/C23H29NO5/c1-27-19-8-15(9-20(10-19)28-2)3-4-22(26)29-14-21(25)24-23-11-16-5-17(12-23)7-18(6-16)13-23/h3-4,8-10,16-18H,5-7,11-14H2,1-2H3,(H,24,25)/b4-3+. The van der Waals surface area contributed by atoms with Crippen LogP contribution in [0.5, 0.6) is 11.5 Å². The first kappa shape index (κ1) is 19.8. The van der Waals surface area contributed by atoms with Crippen molar-refractivity contribution in [2.75, 3.05) is 20.8 Å². The zero-order chi connectivity index (χ0) is 20.4. The molecule has 4 fully saturated rings. The van der Waals surface area contributed by atoms with Gasteiger partial charge in [0.05, 0.1) is 14.2 Å². The predicted molar refractivity (Wildman–Crippen MR) is 109 cm³/mol. The fraction of sp³-hybridized carbons (Fsp3) is 0.565. The van der Waals surface area contributed by atoms with E-state index in [9.17, 15) is 9.59 Å². The van der Waals surface area contributed by atoms with Crippen molar-refractivity contribution in [1.29, 1.82) is 0 Å². The van der Waals surface area contributed by atoms with Crippen LogP contribution in [0, 0.1) is 17.8 Å². The number of amides is 1. The third kappa shape index (κ3) is 4.57. The second-order valence-electron chi connectivity index (χ2n) is 8.83. The van der Waals surface area contributed by atoms with Gasteiger partial charge in [-0.05, 0) is 80.1 Å². The molecule has 0 saturated heterocycles. The van der Waals surface area contributed by atoms with Gasteiger partial charge in [-0.1, -0.05) is 0 Å². The Morgan fingerprint density at radius 1 is 1.00 bits per heavy atom. The highest BCUT2D eigenvalue weighted by atomic mass is 16.5. The second kappa shape index (κ2) is 8.09. The van der Waals surface area contributed by atoms with E-state index in [-0.39, 0.29) is 18.1 Å². The van der Waals surface area contributed by atoms with E-state index < -0.39 is 5.97 Å². The average molecular weight is 399 g/mol. The summed E-state index contributed by atoms with van der Waals surface area (Å²) in [7, 11) is 3.14. The number of hydrogen-bond acceptors (Lipinski definition) is 5. The van der Waals surface area contributed by atoms with Gasteiger partial charge < -0.3 is 19.5 Å². The summed E-state index contributed by atoms with van der Waals surface area (Å²) in [5.74, 6) is 2.79. The fourth-order valence-electron chi connectivity index (χ4n) is 5.87. The highest BCUT2D eigenvalue weighted by Crippen LogP contribution is 2.55. The molecule has 0 aliphatic heterocycles. The lowest BCUT2D eigenvalue weighted by Gasteiger charge is -2.56. The molecule has 1 aromatic carbocycles. The van der Waals surface area contributed by atoms with Gasteiger partial charge >= 0.3 is 5.97 Å². The van der Waals surface area contributed by atoms with Gasteiger partial charge in [-0.2, -0.15) is 0 Å². The number of carbonyl (C=O) groups excluding carboxylic acids is 2. The van der Waals surface area contributed by atoms with E-state index in [4.69, 9.17) is 14.2 Å². The van der Waals surface area contributed by atoms with Crippen molar-refractivity contribution in [3.8, 4) is 11.5 Å². The Kier molecular flexibility index (Phi) is 5.52. The van der Waals surface area contributed by atoms with Gasteiger partial charge in [-0.3, -0.25) is 4.79 Å². The highest BCUT2D eigenvalue weighted by molar-refractivity contribution is 5.89. The quantitative estimate of drug-likeness (QED) is 0.562. The maximum Gasteiger partial charge on any atom is 0.331 e. The molecule has 0 unspecified atom stereocenters. The Balaban J connectivity index is 1.29. The summed E-state index contributed by atoms with van der Waals surface area (Å²) in [6.45, 7) is -0.244. The molecule has 4 bridgehead atoms. The number of rotatable bonds is 7. The first-order valence-corrected chi connectivity index (χ1v) is 10.4. The van der Waals surface area contributed by atoms with Crippen molar-refractivity contribution in [2.24, 2.45) is 17.8 Å². The van der Waals surface area contributed by atoms with Crippen molar-refractivity contribution < 1.29 is 23.8 Å². The molecule has 0 spiro atoms. The molecule has 156 valence electrons. The first-order chi connectivity index (χ1) is 14.0. The van der Waals surface area contributed by atoms with Crippen LogP contribution in [0.4, 0.5) is 0 Å². The molecule has 0 radical (unpaired) electrons. The van der Waals surface area contributed by atoms with E-state index in [1.54, 1.807) is 38.5 Å². The molecule has 29 heavy (non-hydrogen) atoms. The van der Waals surface area contributed by atoms with Crippen LogP contribution in [0.25, 0.3) is 6.08 Å². The summed E-state index contributed by atoms with van der Waals surface area (Å²) in [6, 6.07) is 5.32. The predicted octanol–water partition coefficient (Wildman–Crippen LogP) is 3.35. The summed E-state index contributed by atoms with van der Waals surface area (Å²) in [5, 5.41) is 3.21. The molecule has 1 N–H and O–H groups in total. The van der Waals surface area contributed by atoms with E-state index in [1.807, 2.05) is 0 Å². The number of carbonyl (C=O) groups is 2. The number of esters is 1. The minimum Gasteiger partial charge on any atom is -0.497 e. The molecular formula is C23H29NO5. The maximum atomic E-state index is 12.4. The lowest BCUT2D eigenvalue weighted by molar-refractivity contribution is -0.145. The average Bonchev–Trinajstić information content (AvgIpc) is 2.69. The van der Waals surface area contributed by atoms with E-state index >= 15 is 0 Å². The van der Waals surface area contributed by atoms with Gasteiger partial charge in [0.1, 0.15) is 11.5 Å². The lowest BCUT2D eigenvalue weighted by Crippen LogP contribution is -2.60. The molecule has 0 aromatic heterocycles. The van der Waals surface area contributed by atoms with Gasteiger partial charge in [0.2, 0.25) is 0 Å². The molecule has 4 aliphatic rings. The van der Waals surface area contributed by atoms with Crippen LogP contribution in [-0.4, -0.2) is 38.2 Å². The minimum absolute atomic E-state index is 0.0643. The number of benzene rings is 1.